The number of benzene rings is 2. The first-order valence-electron chi connectivity index (χ1n) is 9.88. The molecule has 0 spiro atoms. The van der Waals surface area contributed by atoms with E-state index in [1.54, 1.807) is 24.3 Å². The Balaban J connectivity index is 1.40. The van der Waals surface area contributed by atoms with Crippen molar-refractivity contribution in [3.63, 3.8) is 0 Å². The summed E-state index contributed by atoms with van der Waals surface area (Å²) in [6.07, 6.45) is 3.68. The first-order valence-corrected chi connectivity index (χ1v) is 9.88. The number of carbonyl (C=O) groups excluding carboxylic acids is 2. The fourth-order valence-electron chi connectivity index (χ4n) is 3.39. The molecule has 0 saturated heterocycles. The smallest absolute Gasteiger partial charge is 0.261 e. The summed E-state index contributed by atoms with van der Waals surface area (Å²) in [6, 6.07) is 15.2. The Hall–Kier alpha value is -2.66. The summed E-state index contributed by atoms with van der Waals surface area (Å²) in [7, 11) is 4.17. The fraction of sp³-hybridized carbons (Fsp3) is 0.391. The van der Waals surface area contributed by atoms with Crippen LogP contribution in [0.2, 0.25) is 0 Å². The summed E-state index contributed by atoms with van der Waals surface area (Å²) in [5, 5.41) is 0. The van der Waals surface area contributed by atoms with E-state index in [-0.39, 0.29) is 11.8 Å². The Bertz CT molecular complexity index is 797. The largest absolute Gasteiger partial charge is 0.494 e. The number of nitrogens with zero attached hydrogens (tertiary/aromatic N) is 2. The second-order valence-corrected chi connectivity index (χ2v) is 7.42. The van der Waals surface area contributed by atoms with Crippen LogP contribution in [0.3, 0.4) is 0 Å². The number of amides is 2. The third-order valence-corrected chi connectivity index (χ3v) is 4.89. The van der Waals surface area contributed by atoms with E-state index in [4.69, 9.17) is 4.74 Å². The molecule has 2 aromatic rings. The standard InChI is InChI=1S/C23H28N2O3/c1-24(2)14-8-10-18-9-7-11-19(17-18)28-16-6-5-15-25-22(26)20-12-3-4-13-21(20)23(25)27/h3-4,7,9,11-13,17H,5-6,8,10,14-16H2,1-2H3. The second-order valence-electron chi connectivity index (χ2n) is 7.42. The second kappa shape index (κ2) is 9.51. The molecule has 1 aliphatic rings. The number of imide groups is 1. The van der Waals surface area contributed by atoms with E-state index in [9.17, 15) is 9.59 Å². The van der Waals surface area contributed by atoms with Gasteiger partial charge in [0.25, 0.3) is 11.8 Å². The number of ether oxygens (including phenoxy) is 1. The molecule has 28 heavy (non-hydrogen) atoms. The predicted molar refractivity (Wildman–Crippen MR) is 110 cm³/mol. The van der Waals surface area contributed by atoms with Crippen molar-refractivity contribution in [3.8, 4) is 5.75 Å². The minimum absolute atomic E-state index is 0.188. The van der Waals surface area contributed by atoms with Gasteiger partial charge in [-0.25, -0.2) is 0 Å². The minimum atomic E-state index is -0.188. The van der Waals surface area contributed by atoms with Crippen molar-refractivity contribution in [1.82, 2.24) is 9.80 Å². The van der Waals surface area contributed by atoms with E-state index in [2.05, 4.69) is 31.1 Å². The molecule has 0 radical (unpaired) electrons. The quantitative estimate of drug-likeness (QED) is 0.466. The van der Waals surface area contributed by atoms with Crippen LogP contribution in [0.5, 0.6) is 5.75 Å². The topological polar surface area (TPSA) is 49.9 Å². The molecule has 0 N–H and O–H groups in total. The molecule has 0 aromatic heterocycles. The van der Waals surface area contributed by atoms with Crippen molar-refractivity contribution in [2.24, 2.45) is 0 Å². The van der Waals surface area contributed by atoms with E-state index >= 15 is 0 Å². The number of rotatable bonds is 10. The van der Waals surface area contributed by atoms with Crippen molar-refractivity contribution in [2.75, 3.05) is 33.8 Å². The summed E-state index contributed by atoms with van der Waals surface area (Å²) in [6.45, 7) is 2.08. The normalized spacial score (nSPS) is 13.3. The first-order chi connectivity index (χ1) is 13.6. The number of fused-ring (bicyclic) bond motifs is 1. The molecule has 0 atom stereocenters. The number of hydrogen-bond donors (Lipinski definition) is 0. The molecular weight excluding hydrogens is 352 g/mol. The van der Waals surface area contributed by atoms with Gasteiger partial charge in [-0.3, -0.25) is 14.5 Å². The lowest BCUT2D eigenvalue weighted by Crippen LogP contribution is -2.30. The van der Waals surface area contributed by atoms with Gasteiger partial charge in [0.15, 0.2) is 0 Å². The van der Waals surface area contributed by atoms with Gasteiger partial charge in [-0.2, -0.15) is 0 Å². The Labute approximate surface area is 166 Å². The fourth-order valence-corrected chi connectivity index (χ4v) is 3.39. The van der Waals surface area contributed by atoms with Crippen molar-refractivity contribution >= 4 is 11.8 Å². The van der Waals surface area contributed by atoms with Crippen LogP contribution < -0.4 is 4.74 Å². The maximum atomic E-state index is 12.3. The molecule has 5 nitrogen and oxygen atoms in total. The number of aryl methyl sites for hydroxylation is 1. The summed E-state index contributed by atoms with van der Waals surface area (Å²) in [5.41, 5.74) is 2.30. The van der Waals surface area contributed by atoms with Crippen LogP contribution >= 0.6 is 0 Å². The van der Waals surface area contributed by atoms with Gasteiger partial charge in [-0.1, -0.05) is 24.3 Å². The molecule has 3 rings (SSSR count). The molecule has 1 aliphatic heterocycles. The highest BCUT2D eigenvalue weighted by atomic mass is 16.5. The van der Waals surface area contributed by atoms with E-state index in [0.717, 1.165) is 38.0 Å². The number of hydrogen-bond acceptors (Lipinski definition) is 4. The third-order valence-electron chi connectivity index (χ3n) is 4.89. The lowest BCUT2D eigenvalue weighted by Gasteiger charge is -2.14. The number of carbonyl (C=O) groups is 2. The van der Waals surface area contributed by atoms with Crippen LogP contribution in [0, 0.1) is 0 Å². The van der Waals surface area contributed by atoms with E-state index in [1.807, 2.05) is 12.1 Å². The Morgan fingerprint density at radius 3 is 2.29 bits per heavy atom. The molecular formula is C23H28N2O3. The highest BCUT2D eigenvalue weighted by Gasteiger charge is 2.34. The van der Waals surface area contributed by atoms with Gasteiger partial charge in [0.05, 0.1) is 17.7 Å². The van der Waals surface area contributed by atoms with Crippen LogP contribution in [0.4, 0.5) is 0 Å². The Kier molecular flexibility index (Phi) is 6.82. The SMILES string of the molecule is CN(C)CCCc1cccc(OCCCCN2C(=O)c3ccccc3C2=O)c1. The van der Waals surface area contributed by atoms with Gasteiger partial charge in [0, 0.05) is 6.54 Å². The van der Waals surface area contributed by atoms with Crippen LogP contribution in [-0.4, -0.2) is 55.4 Å². The number of unbranched alkanes of at least 4 members (excludes halogenated alkanes) is 1. The van der Waals surface area contributed by atoms with Gasteiger partial charge in [-0.15, -0.1) is 0 Å². The molecule has 0 bridgehead atoms. The van der Waals surface area contributed by atoms with Crippen LogP contribution in [-0.2, 0) is 6.42 Å². The summed E-state index contributed by atoms with van der Waals surface area (Å²) < 4.78 is 5.86. The predicted octanol–water partition coefficient (Wildman–Crippen LogP) is 3.64. The van der Waals surface area contributed by atoms with Crippen LogP contribution in [0.15, 0.2) is 48.5 Å². The lowest BCUT2D eigenvalue weighted by molar-refractivity contribution is 0.0649. The molecule has 0 fully saturated rings. The molecule has 2 amide bonds. The molecule has 1 heterocycles. The highest BCUT2D eigenvalue weighted by molar-refractivity contribution is 6.21. The maximum absolute atomic E-state index is 12.3. The third kappa shape index (κ3) is 4.98. The van der Waals surface area contributed by atoms with Crippen LogP contribution in [0.1, 0.15) is 45.5 Å². The molecule has 5 heteroatoms. The highest BCUT2D eigenvalue weighted by Crippen LogP contribution is 2.22. The summed E-state index contributed by atoms with van der Waals surface area (Å²) in [5.74, 6) is 0.502. The van der Waals surface area contributed by atoms with Crippen molar-refractivity contribution in [3.05, 3.63) is 65.2 Å². The molecule has 2 aromatic carbocycles. The maximum Gasteiger partial charge on any atom is 0.261 e. The molecule has 0 unspecified atom stereocenters. The zero-order valence-corrected chi connectivity index (χ0v) is 16.7. The van der Waals surface area contributed by atoms with Crippen molar-refractivity contribution in [2.45, 2.75) is 25.7 Å². The Morgan fingerprint density at radius 1 is 0.893 bits per heavy atom. The first kappa shape index (κ1) is 20.1. The zero-order chi connectivity index (χ0) is 19.9. The van der Waals surface area contributed by atoms with E-state index < -0.39 is 0 Å². The minimum Gasteiger partial charge on any atom is -0.494 e. The van der Waals surface area contributed by atoms with Crippen molar-refractivity contribution < 1.29 is 14.3 Å². The summed E-state index contributed by atoms with van der Waals surface area (Å²) in [4.78, 5) is 28.2. The van der Waals surface area contributed by atoms with Crippen LogP contribution in [0.25, 0.3) is 0 Å². The molecule has 0 saturated carbocycles. The monoisotopic (exact) mass is 380 g/mol. The average molecular weight is 380 g/mol. The lowest BCUT2D eigenvalue weighted by atomic mass is 10.1. The van der Waals surface area contributed by atoms with Gasteiger partial charge < -0.3 is 9.64 Å². The van der Waals surface area contributed by atoms with Gasteiger partial charge in [0.2, 0.25) is 0 Å². The van der Waals surface area contributed by atoms with Crippen molar-refractivity contribution in [1.29, 1.82) is 0 Å². The van der Waals surface area contributed by atoms with Gasteiger partial charge >= 0.3 is 0 Å². The van der Waals surface area contributed by atoms with E-state index in [1.165, 1.54) is 10.5 Å². The zero-order valence-electron chi connectivity index (χ0n) is 16.7. The van der Waals surface area contributed by atoms with E-state index in [0.29, 0.717) is 24.3 Å². The average Bonchev–Trinajstić information content (AvgIpc) is 2.93. The Morgan fingerprint density at radius 2 is 1.61 bits per heavy atom. The molecule has 0 aliphatic carbocycles. The van der Waals surface area contributed by atoms with Gasteiger partial charge in [0.1, 0.15) is 5.75 Å². The summed E-state index contributed by atoms with van der Waals surface area (Å²) >= 11 is 0. The molecule has 148 valence electrons. The van der Waals surface area contributed by atoms with Gasteiger partial charge in [-0.05, 0) is 76.2 Å².